The monoisotopic (exact) mass is 115 g/mol. The topological polar surface area (TPSA) is 58.9 Å². The number of hydrogen-bond donors (Lipinski definition) is 1. The first-order valence-electron chi connectivity index (χ1n) is 2.17. The van der Waals surface area contributed by atoms with Crippen LogP contribution in [0.15, 0.2) is 4.99 Å². The summed E-state index contributed by atoms with van der Waals surface area (Å²) in [6.45, 7) is -0.0406. The zero-order valence-electron chi connectivity index (χ0n) is 4.13. The summed E-state index contributed by atoms with van der Waals surface area (Å²) in [5, 5.41) is 8.32. The van der Waals surface area contributed by atoms with E-state index < -0.39 is 6.09 Å². The second kappa shape index (κ2) is 1.92. The standard InChI is InChI=1S/C4H5NO3/c6-1-3-2-8-4(7)5-3/h6H,1-2H2. The highest BCUT2D eigenvalue weighted by Crippen LogP contribution is 1.95. The Morgan fingerprint density at radius 2 is 2.62 bits per heavy atom. The molecule has 44 valence electrons. The van der Waals surface area contributed by atoms with Gasteiger partial charge in [0.25, 0.3) is 0 Å². The average molecular weight is 115 g/mol. The summed E-state index contributed by atoms with van der Waals surface area (Å²) in [4.78, 5) is 13.4. The second-order valence-corrected chi connectivity index (χ2v) is 1.39. The van der Waals surface area contributed by atoms with E-state index in [0.29, 0.717) is 5.71 Å². The van der Waals surface area contributed by atoms with Crippen molar-refractivity contribution in [3.8, 4) is 0 Å². The van der Waals surface area contributed by atoms with Gasteiger partial charge in [-0.25, -0.2) is 4.79 Å². The van der Waals surface area contributed by atoms with Crippen LogP contribution < -0.4 is 0 Å². The molecule has 1 amide bonds. The maximum Gasteiger partial charge on any atom is 0.434 e. The molecule has 0 fully saturated rings. The van der Waals surface area contributed by atoms with Gasteiger partial charge in [-0.2, -0.15) is 4.99 Å². The molecule has 1 rings (SSSR count). The fraction of sp³-hybridized carbons (Fsp3) is 0.500. The van der Waals surface area contributed by atoms with Gasteiger partial charge in [0, 0.05) is 0 Å². The van der Waals surface area contributed by atoms with E-state index in [4.69, 9.17) is 5.11 Å². The summed E-state index contributed by atoms with van der Waals surface area (Å²) >= 11 is 0. The van der Waals surface area contributed by atoms with Crippen LogP contribution >= 0.6 is 0 Å². The van der Waals surface area contributed by atoms with E-state index in [0.717, 1.165) is 0 Å². The highest BCUT2D eigenvalue weighted by atomic mass is 16.6. The molecule has 0 unspecified atom stereocenters. The SMILES string of the molecule is O=C1N=C(CO)CO1. The summed E-state index contributed by atoms with van der Waals surface area (Å²) in [5.74, 6) is 0. The summed E-state index contributed by atoms with van der Waals surface area (Å²) < 4.78 is 4.35. The number of carbonyl (C=O) groups excluding carboxylic acids is 1. The Morgan fingerprint density at radius 1 is 1.88 bits per heavy atom. The molecule has 1 N–H and O–H groups in total. The molecule has 0 aromatic rings. The quantitative estimate of drug-likeness (QED) is 0.504. The Kier molecular flexibility index (Phi) is 1.26. The number of nitrogens with zero attached hydrogens (tertiary/aromatic N) is 1. The minimum Gasteiger partial charge on any atom is -0.442 e. The van der Waals surface area contributed by atoms with Crippen molar-refractivity contribution < 1.29 is 14.6 Å². The lowest BCUT2D eigenvalue weighted by Crippen LogP contribution is -2.04. The largest absolute Gasteiger partial charge is 0.442 e. The van der Waals surface area contributed by atoms with Crippen LogP contribution in [0.1, 0.15) is 0 Å². The van der Waals surface area contributed by atoms with Crippen LogP contribution in [0.3, 0.4) is 0 Å². The predicted molar refractivity (Wildman–Crippen MR) is 25.9 cm³/mol. The first-order chi connectivity index (χ1) is 3.83. The molecule has 8 heavy (non-hydrogen) atoms. The van der Waals surface area contributed by atoms with Crippen LogP contribution in [-0.4, -0.2) is 30.1 Å². The van der Waals surface area contributed by atoms with Gasteiger partial charge in [0.2, 0.25) is 0 Å². The smallest absolute Gasteiger partial charge is 0.434 e. The molecule has 0 atom stereocenters. The number of cyclic esters (lactones) is 1. The van der Waals surface area contributed by atoms with Gasteiger partial charge in [-0.05, 0) is 0 Å². The summed E-state index contributed by atoms with van der Waals surface area (Å²) in [7, 11) is 0. The molecule has 0 aliphatic carbocycles. The Labute approximate surface area is 45.8 Å². The number of aliphatic hydroxyl groups is 1. The van der Waals surface area contributed by atoms with Crippen LogP contribution in [0.5, 0.6) is 0 Å². The van der Waals surface area contributed by atoms with E-state index >= 15 is 0 Å². The molecule has 1 heterocycles. The van der Waals surface area contributed by atoms with Crippen molar-refractivity contribution in [3.63, 3.8) is 0 Å². The summed E-state index contributed by atoms with van der Waals surface area (Å²) in [6, 6.07) is 0. The van der Waals surface area contributed by atoms with E-state index in [9.17, 15) is 4.79 Å². The third-order valence-electron chi connectivity index (χ3n) is 0.794. The highest BCUT2D eigenvalue weighted by molar-refractivity contribution is 5.99. The van der Waals surface area contributed by atoms with Gasteiger partial charge >= 0.3 is 6.09 Å². The Hall–Kier alpha value is -0.900. The third kappa shape index (κ3) is 0.840. The van der Waals surface area contributed by atoms with Gasteiger partial charge in [-0.3, -0.25) is 0 Å². The number of carbonyl (C=O) groups is 1. The van der Waals surface area contributed by atoms with Crippen LogP contribution in [-0.2, 0) is 4.74 Å². The Morgan fingerprint density at radius 3 is 2.88 bits per heavy atom. The van der Waals surface area contributed by atoms with Crippen molar-refractivity contribution in [2.24, 2.45) is 4.99 Å². The number of rotatable bonds is 1. The highest BCUT2D eigenvalue weighted by Gasteiger charge is 2.12. The molecule has 4 nitrogen and oxygen atoms in total. The molecule has 0 bridgehead atoms. The molecule has 4 heteroatoms. The van der Waals surface area contributed by atoms with Gasteiger partial charge in [0.1, 0.15) is 6.61 Å². The normalized spacial score (nSPS) is 18.1. The van der Waals surface area contributed by atoms with E-state index in [-0.39, 0.29) is 13.2 Å². The number of hydrogen-bond acceptors (Lipinski definition) is 3. The summed E-state index contributed by atoms with van der Waals surface area (Å²) in [5.41, 5.74) is 0.398. The fourth-order valence-electron chi connectivity index (χ4n) is 0.420. The van der Waals surface area contributed by atoms with Gasteiger partial charge < -0.3 is 9.84 Å². The molecule has 1 aliphatic heterocycles. The van der Waals surface area contributed by atoms with E-state index in [2.05, 4.69) is 9.73 Å². The number of amides is 1. The fourth-order valence-corrected chi connectivity index (χ4v) is 0.420. The van der Waals surface area contributed by atoms with Gasteiger partial charge in [0.05, 0.1) is 12.3 Å². The average Bonchev–Trinajstić information content (AvgIpc) is 2.14. The zero-order valence-corrected chi connectivity index (χ0v) is 4.13. The van der Waals surface area contributed by atoms with Crippen molar-refractivity contribution in [2.45, 2.75) is 0 Å². The molecule has 0 spiro atoms. The second-order valence-electron chi connectivity index (χ2n) is 1.39. The van der Waals surface area contributed by atoms with E-state index in [1.807, 2.05) is 0 Å². The number of aliphatic imine (C=N–C) groups is 1. The molecule has 0 aromatic heterocycles. The van der Waals surface area contributed by atoms with Gasteiger partial charge in [0.15, 0.2) is 0 Å². The van der Waals surface area contributed by atoms with Crippen molar-refractivity contribution in [1.29, 1.82) is 0 Å². The van der Waals surface area contributed by atoms with E-state index in [1.54, 1.807) is 0 Å². The van der Waals surface area contributed by atoms with Crippen molar-refractivity contribution in [2.75, 3.05) is 13.2 Å². The van der Waals surface area contributed by atoms with Crippen molar-refractivity contribution >= 4 is 11.8 Å². The van der Waals surface area contributed by atoms with Gasteiger partial charge in [-0.1, -0.05) is 0 Å². The lowest BCUT2D eigenvalue weighted by Gasteiger charge is -1.85. The first-order valence-corrected chi connectivity index (χ1v) is 2.17. The van der Waals surface area contributed by atoms with Crippen LogP contribution in [0.4, 0.5) is 4.79 Å². The first kappa shape index (κ1) is 5.24. The zero-order chi connectivity index (χ0) is 5.98. The molecular weight excluding hydrogens is 110 g/mol. The molecule has 0 aromatic carbocycles. The molecule has 0 saturated heterocycles. The maximum absolute atomic E-state index is 10.1. The minimum absolute atomic E-state index is 0.148. The molecule has 1 aliphatic rings. The predicted octanol–water partition coefficient (Wildman–Crippen LogP) is -0.430. The van der Waals surface area contributed by atoms with E-state index in [1.165, 1.54) is 0 Å². The molecule has 0 radical (unpaired) electrons. The Balaban J connectivity index is 2.57. The van der Waals surface area contributed by atoms with Crippen LogP contribution in [0.2, 0.25) is 0 Å². The van der Waals surface area contributed by atoms with Gasteiger partial charge in [-0.15, -0.1) is 0 Å². The van der Waals surface area contributed by atoms with Crippen molar-refractivity contribution in [1.82, 2.24) is 0 Å². The van der Waals surface area contributed by atoms with Crippen LogP contribution in [0.25, 0.3) is 0 Å². The van der Waals surface area contributed by atoms with Crippen LogP contribution in [0, 0.1) is 0 Å². The van der Waals surface area contributed by atoms with Crippen molar-refractivity contribution in [3.05, 3.63) is 0 Å². The lowest BCUT2D eigenvalue weighted by molar-refractivity contribution is 0.180. The molecular formula is C4H5NO3. The lowest BCUT2D eigenvalue weighted by atomic mass is 10.4. The number of aliphatic hydroxyl groups excluding tert-OH is 1. The number of ether oxygens (including phenoxy) is 1. The Bertz CT molecular complexity index is 140. The third-order valence-corrected chi connectivity index (χ3v) is 0.794. The molecule has 0 saturated carbocycles. The minimum atomic E-state index is -0.603. The summed E-state index contributed by atoms with van der Waals surface area (Å²) in [6.07, 6.45) is -0.603. The maximum atomic E-state index is 10.1.